The summed E-state index contributed by atoms with van der Waals surface area (Å²) in [4.78, 5) is 13.4. The third kappa shape index (κ3) is 1.32. The molecule has 0 spiro atoms. The highest BCUT2D eigenvalue weighted by molar-refractivity contribution is 5.79. The molecule has 0 unspecified atom stereocenters. The Kier molecular flexibility index (Phi) is 2.14. The largest absolute Gasteiger partial charge is 0.331 e. The van der Waals surface area contributed by atoms with Crippen molar-refractivity contribution in [1.29, 1.82) is 0 Å². The van der Waals surface area contributed by atoms with Gasteiger partial charge in [0, 0.05) is 6.54 Å². The normalized spacial score (nSPS) is 24.3. The Morgan fingerprint density at radius 1 is 1.46 bits per heavy atom. The minimum absolute atomic E-state index is 0.00472. The van der Waals surface area contributed by atoms with Gasteiger partial charge in [-0.25, -0.2) is 4.79 Å². The van der Waals surface area contributed by atoms with Gasteiger partial charge in [-0.15, -0.1) is 6.58 Å². The van der Waals surface area contributed by atoms with Gasteiger partial charge in [-0.2, -0.15) is 0 Å². The van der Waals surface area contributed by atoms with Gasteiger partial charge in [0.15, 0.2) is 0 Å². The summed E-state index contributed by atoms with van der Waals surface area (Å²) in [5.41, 5.74) is -0.356. The number of nitrogens with one attached hydrogen (secondary N) is 1. The van der Waals surface area contributed by atoms with E-state index in [1.54, 1.807) is 11.0 Å². The van der Waals surface area contributed by atoms with Gasteiger partial charge in [0.05, 0.1) is 11.1 Å². The van der Waals surface area contributed by atoms with Crippen molar-refractivity contribution < 1.29 is 4.79 Å². The van der Waals surface area contributed by atoms with E-state index in [0.29, 0.717) is 6.54 Å². The van der Waals surface area contributed by atoms with E-state index in [4.69, 9.17) is 0 Å². The highest BCUT2D eigenvalue weighted by atomic mass is 16.2. The Bertz CT molecular complexity index is 243. The van der Waals surface area contributed by atoms with Crippen LogP contribution in [0.1, 0.15) is 27.7 Å². The Labute approximate surface area is 79.8 Å². The second kappa shape index (κ2) is 2.76. The van der Waals surface area contributed by atoms with Gasteiger partial charge in [-0.05, 0) is 27.7 Å². The van der Waals surface area contributed by atoms with Crippen LogP contribution in [0.2, 0.25) is 0 Å². The van der Waals surface area contributed by atoms with Crippen LogP contribution >= 0.6 is 0 Å². The zero-order valence-corrected chi connectivity index (χ0v) is 8.85. The topological polar surface area (TPSA) is 32.3 Å². The number of rotatable bonds is 2. The van der Waals surface area contributed by atoms with E-state index in [1.165, 1.54) is 0 Å². The van der Waals surface area contributed by atoms with E-state index in [9.17, 15) is 4.79 Å². The molecule has 0 aromatic heterocycles. The summed E-state index contributed by atoms with van der Waals surface area (Å²) in [6.07, 6.45) is 1.75. The Morgan fingerprint density at radius 3 is 2.31 bits per heavy atom. The molecule has 1 N–H and O–H groups in total. The summed E-state index contributed by atoms with van der Waals surface area (Å²) in [6.45, 7) is 12.4. The van der Waals surface area contributed by atoms with Crippen molar-refractivity contribution in [3.8, 4) is 0 Å². The van der Waals surface area contributed by atoms with Gasteiger partial charge in [0.2, 0.25) is 0 Å². The molecule has 74 valence electrons. The average Bonchev–Trinajstić information content (AvgIpc) is 2.10. The standard InChI is InChI=1S/C10H18N2O/c1-6-7-12-8(13)11-9(2,3)10(12,4)5/h6H,1,7H2,2-5H3,(H,11,13). The molecule has 0 saturated carbocycles. The van der Waals surface area contributed by atoms with Crippen LogP contribution in [-0.4, -0.2) is 28.6 Å². The molecule has 0 radical (unpaired) electrons. The highest BCUT2D eigenvalue weighted by Gasteiger charge is 2.50. The average molecular weight is 182 g/mol. The number of urea groups is 1. The number of hydrogen-bond acceptors (Lipinski definition) is 1. The van der Waals surface area contributed by atoms with Crippen molar-refractivity contribution in [2.45, 2.75) is 38.8 Å². The fourth-order valence-corrected chi connectivity index (χ4v) is 1.52. The summed E-state index contributed by atoms with van der Waals surface area (Å²) in [5, 5.41) is 2.96. The molecule has 0 aromatic rings. The van der Waals surface area contributed by atoms with Gasteiger partial charge < -0.3 is 10.2 Å². The van der Waals surface area contributed by atoms with Gasteiger partial charge in [-0.3, -0.25) is 0 Å². The number of hydrogen-bond donors (Lipinski definition) is 1. The Hall–Kier alpha value is -0.990. The quantitative estimate of drug-likeness (QED) is 0.648. The molecule has 3 heteroatoms. The first-order valence-corrected chi connectivity index (χ1v) is 4.53. The number of nitrogens with zero attached hydrogens (tertiary/aromatic N) is 1. The SMILES string of the molecule is C=CCN1C(=O)NC(C)(C)C1(C)C. The third-order valence-corrected chi connectivity index (χ3v) is 3.18. The molecule has 2 amide bonds. The molecule has 1 fully saturated rings. The molecule has 0 aromatic carbocycles. The van der Waals surface area contributed by atoms with E-state index in [1.807, 2.05) is 13.8 Å². The Balaban J connectivity index is 2.98. The van der Waals surface area contributed by atoms with E-state index in [2.05, 4.69) is 25.7 Å². The first-order valence-electron chi connectivity index (χ1n) is 4.53. The summed E-state index contributed by atoms with van der Waals surface area (Å²) in [7, 11) is 0. The maximum absolute atomic E-state index is 11.6. The fraction of sp³-hybridized carbons (Fsp3) is 0.700. The lowest BCUT2D eigenvalue weighted by molar-refractivity contribution is 0.151. The van der Waals surface area contributed by atoms with Gasteiger partial charge in [-0.1, -0.05) is 6.08 Å². The lowest BCUT2D eigenvalue weighted by atomic mass is 9.83. The highest BCUT2D eigenvalue weighted by Crippen LogP contribution is 2.33. The van der Waals surface area contributed by atoms with Crippen molar-refractivity contribution in [3.63, 3.8) is 0 Å². The maximum atomic E-state index is 11.6. The smallest absolute Gasteiger partial charge is 0.318 e. The molecule has 0 aliphatic carbocycles. The molecular formula is C10H18N2O. The van der Waals surface area contributed by atoms with Crippen LogP contribution in [0.5, 0.6) is 0 Å². The summed E-state index contributed by atoms with van der Waals surface area (Å²) in [5.74, 6) is 0. The summed E-state index contributed by atoms with van der Waals surface area (Å²) >= 11 is 0. The molecule has 1 aliphatic rings. The van der Waals surface area contributed by atoms with Crippen molar-refractivity contribution in [2.75, 3.05) is 6.54 Å². The van der Waals surface area contributed by atoms with Crippen LogP contribution in [0, 0.1) is 0 Å². The number of carbonyl (C=O) groups excluding carboxylic acids is 1. The van der Waals surface area contributed by atoms with Crippen LogP contribution in [0.15, 0.2) is 12.7 Å². The molecule has 1 aliphatic heterocycles. The molecular weight excluding hydrogens is 164 g/mol. The molecule has 0 atom stereocenters. The first-order chi connectivity index (χ1) is 5.83. The molecule has 1 heterocycles. The van der Waals surface area contributed by atoms with Crippen LogP contribution < -0.4 is 5.32 Å². The second-order valence-electron chi connectivity index (χ2n) is 4.51. The van der Waals surface area contributed by atoms with E-state index in [-0.39, 0.29) is 17.1 Å². The van der Waals surface area contributed by atoms with Gasteiger partial charge in [0.1, 0.15) is 0 Å². The molecule has 0 bridgehead atoms. The molecule has 13 heavy (non-hydrogen) atoms. The predicted octanol–water partition coefficient (Wildman–Crippen LogP) is 1.75. The molecule has 1 rings (SSSR count). The fourth-order valence-electron chi connectivity index (χ4n) is 1.52. The summed E-state index contributed by atoms with van der Waals surface area (Å²) < 4.78 is 0. The van der Waals surface area contributed by atoms with Crippen LogP contribution in [0.25, 0.3) is 0 Å². The minimum atomic E-state index is -0.187. The number of carbonyl (C=O) groups is 1. The predicted molar refractivity (Wildman–Crippen MR) is 53.6 cm³/mol. The minimum Gasteiger partial charge on any atom is -0.331 e. The van der Waals surface area contributed by atoms with Crippen LogP contribution in [0.4, 0.5) is 4.79 Å². The zero-order chi connectivity index (χ0) is 10.3. The van der Waals surface area contributed by atoms with Gasteiger partial charge >= 0.3 is 6.03 Å². The van der Waals surface area contributed by atoms with Gasteiger partial charge in [0.25, 0.3) is 0 Å². The van der Waals surface area contributed by atoms with Crippen LogP contribution in [0.3, 0.4) is 0 Å². The molecule has 3 nitrogen and oxygen atoms in total. The van der Waals surface area contributed by atoms with E-state index >= 15 is 0 Å². The second-order valence-corrected chi connectivity index (χ2v) is 4.51. The van der Waals surface area contributed by atoms with E-state index < -0.39 is 0 Å². The summed E-state index contributed by atoms with van der Waals surface area (Å²) in [6, 6.07) is -0.00472. The lowest BCUT2D eigenvalue weighted by Crippen LogP contribution is -2.53. The van der Waals surface area contributed by atoms with E-state index in [0.717, 1.165) is 0 Å². The van der Waals surface area contributed by atoms with Crippen molar-refractivity contribution in [1.82, 2.24) is 10.2 Å². The first kappa shape index (κ1) is 10.1. The van der Waals surface area contributed by atoms with Crippen molar-refractivity contribution in [2.24, 2.45) is 0 Å². The monoisotopic (exact) mass is 182 g/mol. The van der Waals surface area contributed by atoms with Crippen molar-refractivity contribution in [3.05, 3.63) is 12.7 Å². The molecule has 1 saturated heterocycles. The Morgan fingerprint density at radius 2 is 2.00 bits per heavy atom. The van der Waals surface area contributed by atoms with Crippen LogP contribution in [-0.2, 0) is 0 Å². The third-order valence-electron chi connectivity index (χ3n) is 3.18. The zero-order valence-electron chi connectivity index (χ0n) is 8.85. The van der Waals surface area contributed by atoms with Crippen molar-refractivity contribution >= 4 is 6.03 Å². The lowest BCUT2D eigenvalue weighted by Gasteiger charge is -2.38. The maximum Gasteiger partial charge on any atom is 0.318 e. The number of amides is 2.